The van der Waals surface area contributed by atoms with Crippen LogP contribution in [-0.4, -0.2) is 48.6 Å². The predicted octanol–water partition coefficient (Wildman–Crippen LogP) is 2.31. The van der Waals surface area contributed by atoms with Gasteiger partial charge in [-0.15, -0.1) is 0 Å². The van der Waals surface area contributed by atoms with Crippen molar-refractivity contribution in [3.63, 3.8) is 0 Å². The van der Waals surface area contributed by atoms with Crippen molar-refractivity contribution in [2.24, 2.45) is 0 Å². The molecule has 1 aromatic rings. The fraction of sp³-hybridized carbons (Fsp3) is 0.562. The van der Waals surface area contributed by atoms with Gasteiger partial charge in [-0.05, 0) is 31.9 Å². The Bertz CT molecular complexity index is 421. The number of carbonyl (C=O) groups is 1. The first-order valence-corrected chi connectivity index (χ1v) is 7.47. The van der Waals surface area contributed by atoms with Crippen molar-refractivity contribution >= 4 is 6.03 Å². The van der Waals surface area contributed by atoms with Crippen LogP contribution in [-0.2, 0) is 6.54 Å². The molecular formula is C16H25N3O. The second-order valence-corrected chi connectivity index (χ2v) is 5.52. The summed E-state index contributed by atoms with van der Waals surface area (Å²) < 4.78 is 0. The van der Waals surface area contributed by atoms with Gasteiger partial charge in [0.05, 0.1) is 0 Å². The van der Waals surface area contributed by atoms with Gasteiger partial charge in [-0.1, -0.05) is 30.3 Å². The summed E-state index contributed by atoms with van der Waals surface area (Å²) in [6, 6.07) is 10.8. The fourth-order valence-electron chi connectivity index (χ4n) is 2.59. The first-order chi connectivity index (χ1) is 9.69. The lowest BCUT2D eigenvalue weighted by Gasteiger charge is -2.34. The molecule has 2 amide bonds. The van der Waals surface area contributed by atoms with Gasteiger partial charge >= 0.3 is 6.03 Å². The third-order valence-corrected chi connectivity index (χ3v) is 3.90. The lowest BCUT2D eigenvalue weighted by molar-refractivity contribution is 0.169. The summed E-state index contributed by atoms with van der Waals surface area (Å²) in [4.78, 5) is 16.0. The average molecular weight is 275 g/mol. The van der Waals surface area contributed by atoms with Crippen LogP contribution in [0.4, 0.5) is 4.79 Å². The van der Waals surface area contributed by atoms with Crippen LogP contribution in [0, 0.1) is 0 Å². The van der Waals surface area contributed by atoms with Crippen LogP contribution in [0.5, 0.6) is 0 Å². The van der Waals surface area contributed by atoms with Crippen molar-refractivity contribution in [2.45, 2.75) is 32.4 Å². The number of carbonyl (C=O) groups excluding carboxylic acids is 1. The lowest BCUT2D eigenvalue weighted by Crippen LogP contribution is -2.50. The minimum atomic E-state index is 0.0408. The maximum absolute atomic E-state index is 11.9. The molecule has 4 heteroatoms. The molecule has 0 aliphatic carbocycles. The van der Waals surface area contributed by atoms with Crippen LogP contribution >= 0.6 is 0 Å². The number of benzene rings is 1. The van der Waals surface area contributed by atoms with Crippen molar-refractivity contribution in [2.75, 3.05) is 26.7 Å². The number of amides is 2. The van der Waals surface area contributed by atoms with Crippen LogP contribution in [0.25, 0.3) is 0 Å². The molecule has 0 aromatic heterocycles. The van der Waals surface area contributed by atoms with Gasteiger partial charge in [0.25, 0.3) is 0 Å². The van der Waals surface area contributed by atoms with E-state index in [-0.39, 0.29) is 12.1 Å². The van der Waals surface area contributed by atoms with Crippen molar-refractivity contribution in [1.82, 2.24) is 15.1 Å². The minimum Gasteiger partial charge on any atom is -0.334 e. The number of urea groups is 1. The second kappa shape index (κ2) is 7.29. The molecule has 4 nitrogen and oxygen atoms in total. The summed E-state index contributed by atoms with van der Waals surface area (Å²) in [6.07, 6.45) is 2.22. The highest BCUT2D eigenvalue weighted by Crippen LogP contribution is 2.13. The number of piperidine rings is 1. The highest BCUT2D eigenvalue weighted by atomic mass is 16.2. The average Bonchev–Trinajstić information content (AvgIpc) is 2.47. The molecule has 1 atom stereocenters. The van der Waals surface area contributed by atoms with Gasteiger partial charge in [0.1, 0.15) is 0 Å². The molecular weight excluding hydrogens is 250 g/mol. The van der Waals surface area contributed by atoms with Crippen molar-refractivity contribution < 1.29 is 4.79 Å². The summed E-state index contributed by atoms with van der Waals surface area (Å²) >= 11 is 0. The predicted molar refractivity (Wildman–Crippen MR) is 81.6 cm³/mol. The summed E-state index contributed by atoms with van der Waals surface area (Å²) in [6.45, 7) is 5.76. The molecule has 1 unspecified atom stereocenters. The molecule has 1 aliphatic rings. The van der Waals surface area contributed by atoms with E-state index in [2.05, 4.69) is 34.5 Å². The van der Waals surface area contributed by atoms with E-state index in [1.165, 1.54) is 5.56 Å². The number of nitrogens with zero attached hydrogens (tertiary/aromatic N) is 2. The molecule has 110 valence electrons. The highest BCUT2D eigenvalue weighted by molar-refractivity contribution is 5.74. The Morgan fingerprint density at radius 2 is 2.15 bits per heavy atom. The van der Waals surface area contributed by atoms with Crippen LogP contribution in [0.15, 0.2) is 30.3 Å². The zero-order valence-corrected chi connectivity index (χ0v) is 12.5. The van der Waals surface area contributed by atoms with Gasteiger partial charge in [0.2, 0.25) is 0 Å². The summed E-state index contributed by atoms with van der Waals surface area (Å²) in [5, 5.41) is 3.13. The number of likely N-dealkylation sites (tertiary alicyclic amines) is 1. The fourth-order valence-corrected chi connectivity index (χ4v) is 2.59. The molecule has 1 aromatic carbocycles. The summed E-state index contributed by atoms with van der Waals surface area (Å²) in [5.41, 5.74) is 1.34. The van der Waals surface area contributed by atoms with Gasteiger partial charge in [-0.3, -0.25) is 4.90 Å². The van der Waals surface area contributed by atoms with Gasteiger partial charge in [0.15, 0.2) is 0 Å². The number of rotatable bonds is 4. The van der Waals surface area contributed by atoms with Crippen molar-refractivity contribution in [1.29, 1.82) is 0 Å². The smallest absolute Gasteiger partial charge is 0.317 e. The molecule has 1 heterocycles. The molecule has 0 spiro atoms. The maximum Gasteiger partial charge on any atom is 0.317 e. The van der Waals surface area contributed by atoms with E-state index >= 15 is 0 Å². The van der Waals surface area contributed by atoms with E-state index < -0.39 is 0 Å². The van der Waals surface area contributed by atoms with Crippen LogP contribution in [0.3, 0.4) is 0 Å². The number of hydrogen-bond donors (Lipinski definition) is 1. The van der Waals surface area contributed by atoms with Gasteiger partial charge < -0.3 is 10.2 Å². The van der Waals surface area contributed by atoms with E-state index in [1.54, 1.807) is 4.90 Å². The Balaban J connectivity index is 1.84. The van der Waals surface area contributed by atoms with E-state index in [0.717, 1.165) is 39.0 Å². The molecule has 0 saturated carbocycles. The molecule has 0 bridgehead atoms. The van der Waals surface area contributed by atoms with Crippen LogP contribution in [0.2, 0.25) is 0 Å². The molecule has 1 fully saturated rings. The van der Waals surface area contributed by atoms with E-state index in [9.17, 15) is 4.79 Å². The molecule has 1 saturated heterocycles. The SMILES string of the molecule is CCN(C)C(=O)NC1CCCN(Cc2ccccc2)C1. The molecule has 0 radical (unpaired) electrons. The third kappa shape index (κ3) is 4.23. The second-order valence-electron chi connectivity index (χ2n) is 5.52. The monoisotopic (exact) mass is 275 g/mol. The number of nitrogens with one attached hydrogen (secondary N) is 1. The lowest BCUT2D eigenvalue weighted by atomic mass is 10.0. The first kappa shape index (κ1) is 14.9. The van der Waals surface area contributed by atoms with Crippen LogP contribution in [0.1, 0.15) is 25.3 Å². The normalized spacial score (nSPS) is 19.6. The Kier molecular flexibility index (Phi) is 5.41. The Hall–Kier alpha value is -1.55. The minimum absolute atomic E-state index is 0.0408. The Morgan fingerprint density at radius 1 is 1.40 bits per heavy atom. The molecule has 1 aliphatic heterocycles. The maximum atomic E-state index is 11.9. The summed E-state index contributed by atoms with van der Waals surface area (Å²) in [5.74, 6) is 0. The third-order valence-electron chi connectivity index (χ3n) is 3.90. The topological polar surface area (TPSA) is 35.6 Å². The van der Waals surface area contributed by atoms with Crippen LogP contribution < -0.4 is 5.32 Å². The zero-order valence-electron chi connectivity index (χ0n) is 12.5. The van der Waals surface area contributed by atoms with Crippen molar-refractivity contribution in [3.8, 4) is 0 Å². The van der Waals surface area contributed by atoms with Crippen molar-refractivity contribution in [3.05, 3.63) is 35.9 Å². The highest BCUT2D eigenvalue weighted by Gasteiger charge is 2.22. The van der Waals surface area contributed by atoms with E-state index in [0.29, 0.717) is 0 Å². The standard InChI is InChI=1S/C16H25N3O/c1-3-18(2)16(20)17-15-10-7-11-19(13-15)12-14-8-5-4-6-9-14/h4-6,8-9,15H,3,7,10-13H2,1-2H3,(H,17,20). The first-order valence-electron chi connectivity index (χ1n) is 7.47. The van der Waals surface area contributed by atoms with E-state index in [4.69, 9.17) is 0 Å². The van der Waals surface area contributed by atoms with Gasteiger partial charge in [-0.2, -0.15) is 0 Å². The Morgan fingerprint density at radius 3 is 2.85 bits per heavy atom. The number of hydrogen-bond acceptors (Lipinski definition) is 2. The Labute approximate surface area is 121 Å². The zero-order chi connectivity index (χ0) is 14.4. The molecule has 1 N–H and O–H groups in total. The van der Waals surface area contributed by atoms with E-state index in [1.807, 2.05) is 20.0 Å². The van der Waals surface area contributed by atoms with Gasteiger partial charge in [0, 0.05) is 32.7 Å². The summed E-state index contributed by atoms with van der Waals surface area (Å²) in [7, 11) is 1.83. The molecule has 2 rings (SSSR count). The van der Waals surface area contributed by atoms with Gasteiger partial charge in [-0.25, -0.2) is 4.79 Å². The quantitative estimate of drug-likeness (QED) is 0.915. The largest absolute Gasteiger partial charge is 0.334 e. The molecule has 20 heavy (non-hydrogen) atoms.